The Hall–Kier alpha value is -2.42. The average Bonchev–Trinajstić information content (AvgIpc) is 3.14. The Kier molecular flexibility index (Phi) is 5.24. The SMILES string of the molecule is Cc1cccc(-n2nnnc2S[C@H](C)C(=O)NC(=O)NC23CC4CC(CC(C4)C2)C3)c1. The highest BCUT2D eigenvalue weighted by Crippen LogP contribution is 2.55. The van der Waals surface area contributed by atoms with Gasteiger partial charge in [0.25, 0.3) is 0 Å². The van der Waals surface area contributed by atoms with Crippen molar-refractivity contribution < 1.29 is 9.59 Å². The molecule has 3 amide bonds. The molecule has 2 N–H and O–H groups in total. The predicted molar refractivity (Wildman–Crippen MR) is 117 cm³/mol. The fourth-order valence-electron chi connectivity index (χ4n) is 6.14. The molecule has 1 aromatic heterocycles. The van der Waals surface area contributed by atoms with E-state index >= 15 is 0 Å². The standard InChI is InChI=1S/C22H28N6O2S/c1-13-4-3-5-18(6-13)28-21(25-26-27-28)31-14(2)19(29)23-20(30)24-22-10-15-7-16(11-22)9-17(8-15)12-22/h3-6,14-17H,7-12H2,1-2H3,(H2,23,24,29,30)/t14-,15?,16?,17?,22?/m1/s1. The lowest BCUT2D eigenvalue weighted by molar-refractivity contribution is -0.119. The second kappa shape index (κ2) is 7.93. The van der Waals surface area contributed by atoms with Gasteiger partial charge in [-0.1, -0.05) is 23.9 Å². The van der Waals surface area contributed by atoms with Gasteiger partial charge >= 0.3 is 6.03 Å². The van der Waals surface area contributed by atoms with E-state index in [-0.39, 0.29) is 17.5 Å². The summed E-state index contributed by atoms with van der Waals surface area (Å²) in [4.78, 5) is 25.4. The summed E-state index contributed by atoms with van der Waals surface area (Å²) in [5.74, 6) is 1.86. The monoisotopic (exact) mass is 440 g/mol. The lowest BCUT2D eigenvalue weighted by atomic mass is 9.53. The van der Waals surface area contributed by atoms with Crippen molar-refractivity contribution in [2.75, 3.05) is 0 Å². The van der Waals surface area contributed by atoms with E-state index in [1.807, 2.05) is 31.2 Å². The molecule has 1 heterocycles. The van der Waals surface area contributed by atoms with Gasteiger partial charge in [0.1, 0.15) is 0 Å². The highest BCUT2D eigenvalue weighted by molar-refractivity contribution is 8.00. The maximum atomic E-state index is 12.7. The van der Waals surface area contributed by atoms with Crippen molar-refractivity contribution in [2.45, 2.75) is 68.3 Å². The van der Waals surface area contributed by atoms with Gasteiger partial charge in [-0.15, -0.1) is 5.10 Å². The first-order chi connectivity index (χ1) is 14.9. The summed E-state index contributed by atoms with van der Waals surface area (Å²) in [6.45, 7) is 3.76. The molecule has 0 aliphatic heterocycles. The molecule has 0 radical (unpaired) electrons. The minimum Gasteiger partial charge on any atom is -0.332 e. The van der Waals surface area contributed by atoms with E-state index in [1.165, 1.54) is 31.0 Å². The third-order valence-corrected chi connectivity index (χ3v) is 8.03. The van der Waals surface area contributed by atoms with Crippen molar-refractivity contribution >= 4 is 23.7 Å². The zero-order valence-corrected chi connectivity index (χ0v) is 18.7. The Morgan fingerprint density at radius 1 is 1.16 bits per heavy atom. The van der Waals surface area contributed by atoms with Crippen molar-refractivity contribution in [2.24, 2.45) is 17.8 Å². The number of hydrogen-bond donors (Lipinski definition) is 2. The molecule has 164 valence electrons. The molecule has 9 heteroatoms. The summed E-state index contributed by atoms with van der Waals surface area (Å²) in [5.41, 5.74) is 1.81. The molecule has 8 nitrogen and oxygen atoms in total. The second-order valence-corrected chi connectivity index (χ2v) is 10.9. The minimum atomic E-state index is -0.517. The van der Waals surface area contributed by atoms with Crippen LogP contribution in [0.2, 0.25) is 0 Å². The summed E-state index contributed by atoms with van der Waals surface area (Å²) in [6, 6.07) is 7.45. The number of urea groups is 1. The van der Waals surface area contributed by atoms with Crippen molar-refractivity contribution in [1.29, 1.82) is 0 Å². The number of tetrazole rings is 1. The molecule has 2 aromatic rings. The first kappa shape index (κ1) is 20.5. The van der Waals surface area contributed by atoms with Crippen LogP contribution < -0.4 is 10.6 Å². The molecule has 0 unspecified atom stereocenters. The molecule has 0 spiro atoms. The molecule has 4 bridgehead atoms. The third-order valence-electron chi connectivity index (χ3n) is 6.99. The van der Waals surface area contributed by atoms with Gasteiger partial charge in [0.15, 0.2) is 0 Å². The number of thioether (sulfide) groups is 1. The van der Waals surface area contributed by atoms with Crippen molar-refractivity contribution in [3.05, 3.63) is 29.8 Å². The normalized spacial score (nSPS) is 29.5. The number of rotatable bonds is 5. The molecule has 0 saturated heterocycles. The first-order valence-corrected chi connectivity index (χ1v) is 11.9. The smallest absolute Gasteiger partial charge is 0.321 e. The number of hydrogen-bond acceptors (Lipinski definition) is 6. The lowest BCUT2D eigenvalue weighted by Crippen LogP contribution is -2.62. The van der Waals surface area contributed by atoms with Crippen LogP contribution in [0.3, 0.4) is 0 Å². The van der Waals surface area contributed by atoms with E-state index < -0.39 is 5.25 Å². The van der Waals surface area contributed by atoms with Crippen molar-refractivity contribution in [1.82, 2.24) is 30.8 Å². The summed E-state index contributed by atoms with van der Waals surface area (Å²) in [5, 5.41) is 17.6. The number of nitrogens with zero attached hydrogens (tertiary/aromatic N) is 4. The van der Waals surface area contributed by atoms with E-state index in [0.717, 1.165) is 48.3 Å². The van der Waals surface area contributed by atoms with Crippen molar-refractivity contribution in [3.63, 3.8) is 0 Å². The molecule has 31 heavy (non-hydrogen) atoms. The van der Waals surface area contributed by atoms with Crippen LogP contribution in [0.4, 0.5) is 4.79 Å². The number of carbonyl (C=O) groups excluding carboxylic acids is 2. The minimum absolute atomic E-state index is 0.120. The van der Waals surface area contributed by atoms with Gasteiger partial charge in [-0.25, -0.2) is 4.79 Å². The third kappa shape index (κ3) is 4.20. The van der Waals surface area contributed by atoms with E-state index in [1.54, 1.807) is 11.6 Å². The Labute approximate surface area is 185 Å². The Bertz CT molecular complexity index is 970. The molecule has 1 atom stereocenters. The molecule has 6 rings (SSSR count). The first-order valence-electron chi connectivity index (χ1n) is 11.0. The van der Waals surface area contributed by atoms with E-state index in [4.69, 9.17) is 0 Å². The van der Waals surface area contributed by atoms with E-state index in [2.05, 4.69) is 26.2 Å². The van der Waals surface area contributed by atoms with Crippen LogP contribution in [0, 0.1) is 24.7 Å². The molecule has 4 aliphatic carbocycles. The van der Waals surface area contributed by atoms with Crippen LogP contribution in [0.15, 0.2) is 29.4 Å². The molecular formula is C22H28N6O2S. The molecule has 1 aromatic carbocycles. The summed E-state index contributed by atoms with van der Waals surface area (Å²) < 4.78 is 1.61. The van der Waals surface area contributed by atoms with Gasteiger partial charge in [-0.3, -0.25) is 10.1 Å². The summed E-state index contributed by atoms with van der Waals surface area (Å²) in [6.07, 6.45) is 7.09. The molecular weight excluding hydrogens is 412 g/mol. The molecule has 4 saturated carbocycles. The maximum Gasteiger partial charge on any atom is 0.321 e. The lowest BCUT2D eigenvalue weighted by Gasteiger charge is -2.56. The number of imide groups is 1. The fourth-order valence-corrected chi connectivity index (χ4v) is 6.94. The number of amides is 3. The van der Waals surface area contributed by atoms with Crippen LogP contribution in [0.5, 0.6) is 0 Å². The molecule has 4 fully saturated rings. The van der Waals surface area contributed by atoms with Gasteiger partial charge in [0.2, 0.25) is 11.1 Å². The van der Waals surface area contributed by atoms with Gasteiger partial charge < -0.3 is 5.32 Å². The van der Waals surface area contributed by atoms with Gasteiger partial charge in [-0.2, -0.15) is 4.68 Å². The number of nitrogens with one attached hydrogen (secondary N) is 2. The topological polar surface area (TPSA) is 102 Å². The van der Waals surface area contributed by atoms with Crippen LogP contribution >= 0.6 is 11.8 Å². The maximum absolute atomic E-state index is 12.7. The van der Waals surface area contributed by atoms with Crippen molar-refractivity contribution in [3.8, 4) is 5.69 Å². The number of benzene rings is 1. The number of carbonyl (C=O) groups is 2. The quantitative estimate of drug-likeness (QED) is 0.692. The largest absolute Gasteiger partial charge is 0.332 e. The van der Waals surface area contributed by atoms with Gasteiger partial charge in [-0.05, 0) is 98.2 Å². The van der Waals surface area contributed by atoms with Crippen LogP contribution in [-0.4, -0.2) is 42.9 Å². The highest BCUT2D eigenvalue weighted by atomic mass is 32.2. The summed E-state index contributed by atoms with van der Waals surface area (Å²) in [7, 11) is 0. The van der Waals surface area contributed by atoms with E-state index in [9.17, 15) is 9.59 Å². The Morgan fingerprint density at radius 3 is 2.48 bits per heavy atom. The zero-order chi connectivity index (χ0) is 21.6. The van der Waals surface area contributed by atoms with Crippen LogP contribution in [-0.2, 0) is 4.79 Å². The van der Waals surface area contributed by atoms with Crippen LogP contribution in [0.25, 0.3) is 5.69 Å². The summed E-state index contributed by atoms with van der Waals surface area (Å²) >= 11 is 1.23. The molecule has 4 aliphatic rings. The number of aryl methyl sites for hydroxylation is 1. The van der Waals surface area contributed by atoms with Crippen LogP contribution in [0.1, 0.15) is 51.0 Å². The Morgan fingerprint density at radius 2 is 1.84 bits per heavy atom. The highest BCUT2D eigenvalue weighted by Gasteiger charge is 2.51. The zero-order valence-electron chi connectivity index (χ0n) is 17.9. The van der Waals surface area contributed by atoms with Gasteiger partial charge in [0.05, 0.1) is 10.9 Å². The predicted octanol–water partition coefficient (Wildman–Crippen LogP) is 3.25. The second-order valence-electron chi connectivity index (χ2n) is 9.61. The van der Waals surface area contributed by atoms with E-state index in [0.29, 0.717) is 5.16 Å². The fraction of sp³-hybridized carbons (Fsp3) is 0.591. The average molecular weight is 441 g/mol. The Balaban J connectivity index is 1.20. The number of aromatic nitrogens is 4. The van der Waals surface area contributed by atoms with Gasteiger partial charge in [0, 0.05) is 5.54 Å².